The number of aromatic nitrogens is 3. The summed E-state index contributed by atoms with van der Waals surface area (Å²) in [6.07, 6.45) is 2.60. The molecule has 0 unspecified atom stereocenters. The highest BCUT2D eigenvalue weighted by Gasteiger charge is 2.22. The molecule has 0 N–H and O–H groups in total. The van der Waals surface area contributed by atoms with Crippen molar-refractivity contribution in [3.05, 3.63) is 63.2 Å². The van der Waals surface area contributed by atoms with Gasteiger partial charge in [-0.15, -0.1) is 32.9 Å². The number of carbonyl (C=O) groups excluding carboxylic acids is 1. The van der Waals surface area contributed by atoms with Gasteiger partial charge in [-0.25, -0.2) is 9.18 Å². The lowest BCUT2D eigenvalue weighted by Crippen LogP contribution is -2.05. The Morgan fingerprint density at radius 1 is 1.31 bits per heavy atom. The van der Waals surface area contributed by atoms with E-state index < -0.39 is 5.97 Å². The van der Waals surface area contributed by atoms with E-state index >= 15 is 0 Å². The SMILES string of the molecule is CCOC(=O)c1sc2cccc(F)c2c1CSc1nncn1CCc1cccs1. The van der Waals surface area contributed by atoms with Crippen LogP contribution in [0.4, 0.5) is 4.39 Å². The topological polar surface area (TPSA) is 57.0 Å². The predicted molar refractivity (Wildman–Crippen MR) is 115 cm³/mol. The number of thioether (sulfide) groups is 1. The Balaban J connectivity index is 1.58. The minimum atomic E-state index is -0.414. The molecule has 0 amide bonds. The van der Waals surface area contributed by atoms with Crippen molar-refractivity contribution >= 4 is 50.5 Å². The maximum atomic E-state index is 14.5. The summed E-state index contributed by atoms with van der Waals surface area (Å²) < 4.78 is 22.5. The Kier molecular flexibility index (Phi) is 6.27. The zero-order chi connectivity index (χ0) is 20.2. The van der Waals surface area contributed by atoms with Crippen LogP contribution in [0.3, 0.4) is 0 Å². The second-order valence-electron chi connectivity index (χ2n) is 6.17. The summed E-state index contributed by atoms with van der Waals surface area (Å²) in [6, 6.07) is 9.04. The van der Waals surface area contributed by atoms with Gasteiger partial charge < -0.3 is 9.30 Å². The molecule has 29 heavy (non-hydrogen) atoms. The Morgan fingerprint density at radius 3 is 3.00 bits per heavy atom. The number of nitrogens with zero attached hydrogens (tertiary/aromatic N) is 3. The van der Waals surface area contributed by atoms with Gasteiger partial charge in [-0.05, 0) is 42.5 Å². The van der Waals surface area contributed by atoms with E-state index in [1.165, 1.54) is 34.0 Å². The molecule has 0 spiro atoms. The first kappa shape index (κ1) is 20.1. The highest BCUT2D eigenvalue weighted by molar-refractivity contribution is 7.98. The number of aryl methyl sites for hydroxylation is 2. The van der Waals surface area contributed by atoms with Gasteiger partial charge in [0.1, 0.15) is 17.0 Å². The molecule has 0 aliphatic rings. The molecule has 4 rings (SSSR count). The molecular weight excluding hydrogens is 429 g/mol. The normalized spacial score (nSPS) is 11.2. The van der Waals surface area contributed by atoms with E-state index in [1.807, 2.05) is 16.7 Å². The van der Waals surface area contributed by atoms with Gasteiger partial charge in [-0.2, -0.15) is 0 Å². The van der Waals surface area contributed by atoms with Crippen LogP contribution in [0.15, 0.2) is 47.2 Å². The van der Waals surface area contributed by atoms with E-state index in [-0.39, 0.29) is 12.4 Å². The van der Waals surface area contributed by atoms with Crippen LogP contribution in [0.5, 0.6) is 0 Å². The molecule has 0 bridgehead atoms. The zero-order valence-corrected chi connectivity index (χ0v) is 18.1. The number of hydrogen-bond acceptors (Lipinski definition) is 7. The fraction of sp³-hybridized carbons (Fsp3) is 0.250. The third-order valence-corrected chi connectivity index (χ3v) is 7.45. The van der Waals surface area contributed by atoms with Gasteiger partial charge in [0.25, 0.3) is 0 Å². The molecule has 0 saturated carbocycles. The van der Waals surface area contributed by atoms with Gasteiger partial charge in [0.15, 0.2) is 5.16 Å². The highest BCUT2D eigenvalue weighted by atomic mass is 32.2. The molecule has 9 heteroatoms. The van der Waals surface area contributed by atoms with Gasteiger partial charge >= 0.3 is 5.97 Å². The maximum absolute atomic E-state index is 14.5. The number of hydrogen-bond donors (Lipinski definition) is 0. The van der Waals surface area contributed by atoms with E-state index in [0.717, 1.165) is 22.8 Å². The van der Waals surface area contributed by atoms with Crippen LogP contribution in [0, 0.1) is 5.82 Å². The van der Waals surface area contributed by atoms with Crippen LogP contribution in [0.2, 0.25) is 0 Å². The molecule has 4 aromatic rings. The number of ether oxygens (including phenoxy) is 1. The molecule has 0 fully saturated rings. The summed E-state index contributed by atoms with van der Waals surface area (Å²) in [6.45, 7) is 2.80. The summed E-state index contributed by atoms with van der Waals surface area (Å²) in [7, 11) is 0. The molecule has 5 nitrogen and oxygen atoms in total. The number of carbonyl (C=O) groups is 1. The molecule has 0 radical (unpaired) electrons. The van der Waals surface area contributed by atoms with Crippen LogP contribution in [-0.4, -0.2) is 27.3 Å². The largest absolute Gasteiger partial charge is 0.462 e. The molecule has 0 atom stereocenters. The van der Waals surface area contributed by atoms with E-state index in [9.17, 15) is 9.18 Å². The molecule has 0 saturated heterocycles. The van der Waals surface area contributed by atoms with Crippen LogP contribution in [0.25, 0.3) is 10.1 Å². The fourth-order valence-corrected chi connectivity index (χ4v) is 5.89. The average molecular weight is 448 g/mol. The number of rotatable bonds is 8. The third kappa shape index (κ3) is 4.36. The first-order chi connectivity index (χ1) is 14.2. The molecule has 1 aromatic carbocycles. The Hall–Kier alpha value is -2.23. The van der Waals surface area contributed by atoms with Crippen molar-refractivity contribution in [1.82, 2.24) is 14.8 Å². The van der Waals surface area contributed by atoms with E-state index in [0.29, 0.717) is 21.6 Å². The average Bonchev–Trinajstić information content (AvgIpc) is 3.45. The van der Waals surface area contributed by atoms with Crippen LogP contribution >= 0.6 is 34.4 Å². The van der Waals surface area contributed by atoms with Crippen LogP contribution in [0.1, 0.15) is 27.0 Å². The number of esters is 1. The van der Waals surface area contributed by atoms with E-state index in [2.05, 4.69) is 21.6 Å². The van der Waals surface area contributed by atoms with Gasteiger partial charge in [-0.3, -0.25) is 0 Å². The molecular formula is C20H18FN3O2S3. The molecule has 150 valence electrons. The smallest absolute Gasteiger partial charge is 0.348 e. The monoisotopic (exact) mass is 447 g/mol. The molecule has 3 aromatic heterocycles. The fourth-order valence-electron chi connectivity index (χ4n) is 3.00. The number of fused-ring (bicyclic) bond motifs is 1. The zero-order valence-electron chi connectivity index (χ0n) is 15.6. The first-order valence-electron chi connectivity index (χ1n) is 9.07. The van der Waals surface area contributed by atoms with Gasteiger partial charge in [0.05, 0.1) is 6.61 Å². The van der Waals surface area contributed by atoms with Crippen LogP contribution < -0.4 is 0 Å². The lowest BCUT2D eigenvalue weighted by molar-refractivity contribution is 0.0531. The van der Waals surface area contributed by atoms with Crippen molar-refractivity contribution in [2.75, 3.05) is 6.61 Å². The van der Waals surface area contributed by atoms with E-state index in [4.69, 9.17) is 4.74 Å². The summed E-state index contributed by atoms with van der Waals surface area (Å²) in [5.41, 5.74) is 0.652. The second kappa shape index (κ2) is 9.06. The lowest BCUT2D eigenvalue weighted by Gasteiger charge is -2.07. The van der Waals surface area contributed by atoms with Gasteiger partial charge in [-0.1, -0.05) is 23.9 Å². The van der Waals surface area contributed by atoms with Crippen molar-refractivity contribution in [2.45, 2.75) is 30.8 Å². The first-order valence-corrected chi connectivity index (χ1v) is 11.8. The minimum absolute atomic E-state index is 0.277. The molecule has 3 heterocycles. The standard InChI is InChI=1S/C20H18FN3O2S3/c1-2-26-19(25)18-14(17-15(21)6-3-7-16(17)29-18)11-28-20-23-22-12-24(20)9-8-13-5-4-10-27-13/h3-7,10,12H,2,8-9,11H2,1H3. The second-order valence-corrected chi connectivity index (χ2v) is 9.20. The van der Waals surface area contributed by atoms with Crippen molar-refractivity contribution in [2.24, 2.45) is 0 Å². The third-order valence-electron chi connectivity index (χ3n) is 4.33. The summed E-state index contributed by atoms with van der Waals surface area (Å²) in [5.74, 6) is -0.334. The maximum Gasteiger partial charge on any atom is 0.348 e. The molecule has 0 aliphatic heterocycles. The van der Waals surface area contributed by atoms with Crippen molar-refractivity contribution in [1.29, 1.82) is 0 Å². The van der Waals surface area contributed by atoms with Gasteiger partial charge in [0, 0.05) is 27.3 Å². The summed E-state index contributed by atoms with van der Waals surface area (Å²) in [5, 5.41) is 11.5. The lowest BCUT2D eigenvalue weighted by atomic mass is 10.1. The Bertz CT molecular complexity index is 1120. The quantitative estimate of drug-likeness (QED) is 0.267. The minimum Gasteiger partial charge on any atom is -0.462 e. The van der Waals surface area contributed by atoms with Gasteiger partial charge in [0.2, 0.25) is 0 Å². The Morgan fingerprint density at radius 2 is 2.21 bits per heavy atom. The van der Waals surface area contributed by atoms with Crippen molar-refractivity contribution in [3.8, 4) is 0 Å². The summed E-state index contributed by atoms with van der Waals surface area (Å²) >= 11 is 4.44. The summed E-state index contributed by atoms with van der Waals surface area (Å²) in [4.78, 5) is 14.2. The highest BCUT2D eigenvalue weighted by Crippen LogP contribution is 2.37. The van der Waals surface area contributed by atoms with Crippen LogP contribution in [-0.2, 0) is 23.5 Å². The number of benzene rings is 1. The van der Waals surface area contributed by atoms with Crippen molar-refractivity contribution in [3.63, 3.8) is 0 Å². The Labute approximate surface area is 179 Å². The van der Waals surface area contributed by atoms with Crippen molar-refractivity contribution < 1.29 is 13.9 Å². The predicted octanol–water partition coefficient (Wildman–Crippen LogP) is 5.41. The number of thiophene rings is 2. The molecule has 0 aliphatic carbocycles. The number of halogens is 1. The van der Waals surface area contributed by atoms with E-state index in [1.54, 1.807) is 30.7 Å².